The van der Waals surface area contributed by atoms with Crippen molar-refractivity contribution >= 4 is 40.1 Å². The molecule has 0 unspecified atom stereocenters. The number of amides is 1. The van der Waals surface area contributed by atoms with E-state index in [9.17, 15) is 13.6 Å². The molecule has 1 aliphatic rings. The number of benzene rings is 2. The highest BCUT2D eigenvalue weighted by Gasteiger charge is 2.29. The van der Waals surface area contributed by atoms with Crippen LogP contribution in [-0.4, -0.2) is 22.9 Å². The Hall–Kier alpha value is -1.92. The Morgan fingerprint density at radius 3 is 2.54 bits per heavy atom. The first-order chi connectivity index (χ1) is 11.5. The van der Waals surface area contributed by atoms with Gasteiger partial charge in [0, 0.05) is 16.8 Å². The highest BCUT2D eigenvalue weighted by atomic mass is 35.5. The van der Waals surface area contributed by atoms with Crippen LogP contribution in [0.2, 0.25) is 5.02 Å². The molecule has 0 bridgehead atoms. The number of anilines is 1. The van der Waals surface area contributed by atoms with Crippen LogP contribution in [0.3, 0.4) is 0 Å². The van der Waals surface area contributed by atoms with Gasteiger partial charge in [-0.15, -0.1) is 0 Å². The standard InChI is InChI=1S/C17H13ClF2N2OS/c1-10-9-24-17(21-10)22(13-5-2-11(18)3-6-13)16(23)14-7-4-12(19)8-15(14)20/h2-8,10H,9H2,1H3/t10-/m0/s1. The van der Waals surface area contributed by atoms with Crippen molar-refractivity contribution in [1.82, 2.24) is 0 Å². The third kappa shape index (κ3) is 3.44. The quantitative estimate of drug-likeness (QED) is 0.767. The lowest BCUT2D eigenvalue weighted by atomic mass is 10.1. The van der Waals surface area contributed by atoms with Crippen molar-refractivity contribution in [2.45, 2.75) is 13.0 Å². The molecule has 3 nitrogen and oxygen atoms in total. The van der Waals surface area contributed by atoms with Crippen molar-refractivity contribution < 1.29 is 13.6 Å². The molecule has 1 atom stereocenters. The van der Waals surface area contributed by atoms with E-state index in [-0.39, 0.29) is 11.6 Å². The molecule has 0 saturated carbocycles. The molecule has 0 radical (unpaired) electrons. The molecule has 0 fully saturated rings. The Labute approximate surface area is 147 Å². The molecule has 0 saturated heterocycles. The summed E-state index contributed by atoms with van der Waals surface area (Å²) >= 11 is 7.31. The molecule has 0 N–H and O–H groups in total. The van der Waals surface area contributed by atoms with Gasteiger partial charge in [0.2, 0.25) is 0 Å². The van der Waals surface area contributed by atoms with Crippen LogP contribution in [0.15, 0.2) is 47.5 Å². The molecule has 24 heavy (non-hydrogen) atoms. The lowest BCUT2D eigenvalue weighted by Crippen LogP contribution is -2.35. The van der Waals surface area contributed by atoms with Gasteiger partial charge in [-0.2, -0.15) is 0 Å². The Kier molecular flexibility index (Phi) is 4.87. The van der Waals surface area contributed by atoms with Crippen LogP contribution in [0.25, 0.3) is 0 Å². The number of aliphatic imine (C=N–C) groups is 1. The van der Waals surface area contributed by atoms with Gasteiger partial charge in [-0.05, 0) is 43.3 Å². The zero-order valence-electron chi connectivity index (χ0n) is 12.7. The summed E-state index contributed by atoms with van der Waals surface area (Å²) in [6, 6.07) is 9.55. The molecule has 1 aliphatic heterocycles. The fourth-order valence-corrected chi connectivity index (χ4v) is 3.43. The maximum absolute atomic E-state index is 14.0. The van der Waals surface area contributed by atoms with Crippen molar-refractivity contribution in [3.8, 4) is 0 Å². The van der Waals surface area contributed by atoms with E-state index in [1.807, 2.05) is 6.92 Å². The fourth-order valence-electron chi connectivity index (χ4n) is 2.27. The first kappa shape index (κ1) is 16.9. The summed E-state index contributed by atoms with van der Waals surface area (Å²) in [5.41, 5.74) is 0.308. The maximum atomic E-state index is 14.0. The molecular weight excluding hydrogens is 354 g/mol. The second-order valence-corrected chi connectivity index (χ2v) is 6.74. The van der Waals surface area contributed by atoms with E-state index in [4.69, 9.17) is 11.6 Å². The number of carbonyl (C=O) groups is 1. The molecule has 124 valence electrons. The second-order valence-electron chi connectivity index (χ2n) is 5.31. The third-order valence-corrected chi connectivity index (χ3v) is 4.87. The van der Waals surface area contributed by atoms with Crippen LogP contribution in [0, 0.1) is 11.6 Å². The van der Waals surface area contributed by atoms with Crippen LogP contribution in [-0.2, 0) is 0 Å². The summed E-state index contributed by atoms with van der Waals surface area (Å²) < 4.78 is 27.2. The first-order valence-electron chi connectivity index (χ1n) is 7.21. The SMILES string of the molecule is C[C@H]1CSC(N(C(=O)c2ccc(F)cc2F)c2ccc(Cl)cc2)=N1. The Balaban J connectivity index is 2.05. The number of hydrogen-bond acceptors (Lipinski definition) is 3. The number of hydrogen-bond donors (Lipinski definition) is 0. The molecular formula is C17H13ClF2N2OS. The van der Waals surface area contributed by atoms with Gasteiger partial charge in [-0.3, -0.25) is 14.7 Å². The van der Waals surface area contributed by atoms with E-state index < -0.39 is 17.5 Å². The number of nitrogens with zero attached hydrogens (tertiary/aromatic N) is 2. The lowest BCUT2D eigenvalue weighted by Gasteiger charge is -2.22. The first-order valence-corrected chi connectivity index (χ1v) is 8.58. The van der Waals surface area contributed by atoms with Crippen LogP contribution >= 0.6 is 23.4 Å². The van der Waals surface area contributed by atoms with Gasteiger partial charge in [-0.1, -0.05) is 23.4 Å². The molecule has 2 aromatic carbocycles. The smallest absolute Gasteiger partial charge is 0.267 e. The van der Waals surface area contributed by atoms with E-state index in [1.54, 1.807) is 24.3 Å². The van der Waals surface area contributed by atoms with Gasteiger partial charge in [0.15, 0.2) is 5.17 Å². The number of amidine groups is 1. The van der Waals surface area contributed by atoms with Crippen molar-refractivity contribution in [2.75, 3.05) is 10.7 Å². The third-order valence-electron chi connectivity index (χ3n) is 3.43. The Morgan fingerprint density at radius 1 is 1.25 bits per heavy atom. The Bertz CT molecular complexity index is 811. The molecule has 1 amide bonds. The normalized spacial score (nSPS) is 16.8. The van der Waals surface area contributed by atoms with E-state index in [2.05, 4.69) is 4.99 Å². The summed E-state index contributed by atoms with van der Waals surface area (Å²) in [7, 11) is 0. The summed E-state index contributed by atoms with van der Waals surface area (Å²) in [5.74, 6) is -1.51. The number of rotatable bonds is 2. The summed E-state index contributed by atoms with van der Waals surface area (Å²) in [6.07, 6.45) is 0. The maximum Gasteiger partial charge on any atom is 0.267 e. The van der Waals surface area contributed by atoms with Crippen LogP contribution < -0.4 is 4.90 Å². The van der Waals surface area contributed by atoms with E-state index in [0.717, 1.165) is 17.9 Å². The summed E-state index contributed by atoms with van der Waals surface area (Å²) in [5, 5.41) is 1.01. The van der Waals surface area contributed by atoms with E-state index in [1.165, 1.54) is 16.7 Å². The molecule has 0 aromatic heterocycles. The predicted molar refractivity (Wildman–Crippen MR) is 94.0 cm³/mol. The van der Waals surface area contributed by atoms with E-state index >= 15 is 0 Å². The molecule has 0 spiro atoms. The van der Waals surface area contributed by atoms with Crippen LogP contribution in [0.4, 0.5) is 14.5 Å². The topological polar surface area (TPSA) is 32.7 Å². The largest absolute Gasteiger partial charge is 0.268 e. The highest BCUT2D eigenvalue weighted by Crippen LogP contribution is 2.28. The lowest BCUT2D eigenvalue weighted by molar-refractivity contribution is 0.0999. The fraction of sp³-hybridized carbons (Fsp3) is 0.176. The van der Waals surface area contributed by atoms with Crippen molar-refractivity contribution in [3.05, 3.63) is 64.7 Å². The minimum absolute atomic E-state index is 0.0608. The second kappa shape index (κ2) is 6.91. The zero-order chi connectivity index (χ0) is 17.3. The van der Waals surface area contributed by atoms with Crippen molar-refractivity contribution in [2.24, 2.45) is 4.99 Å². The molecule has 7 heteroatoms. The van der Waals surface area contributed by atoms with Crippen LogP contribution in [0.1, 0.15) is 17.3 Å². The summed E-state index contributed by atoms with van der Waals surface area (Å²) in [6.45, 7) is 1.93. The molecule has 2 aromatic rings. The van der Waals surface area contributed by atoms with E-state index in [0.29, 0.717) is 21.9 Å². The number of halogens is 3. The average molecular weight is 367 g/mol. The van der Waals surface area contributed by atoms with Gasteiger partial charge in [0.25, 0.3) is 5.91 Å². The Morgan fingerprint density at radius 2 is 1.96 bits per heavy atom. The summed E-state index contributed by atoms with van der Waals surface area (Å²) in [4.78, 5) is 18.7. The minimum Gasteiger partial charge on any atom is -0.268 e. The molecule has 0 aliphatic carbocycles. The van der Waals surface area contributed by atoms with Gasteiger partial charge in [0.1, 0.15) is 11.6 Å². The predicted octanol–water partition coefficient (Wildman–Crippen LogP) is 4.76. The van der Waals surface area contributed by atoms with Gasteiger partial charge < -0.3 is 0 Å². The number of thioether (sulfide) groups is 1. The zero-order valence-corrected chi connectivity index (χ0v) is 14.2. The highest BCUT2D eigenvalue weighted by molar-refractivity contribution is 8.14. The average Bonchev–Trinajstić information content (AvgIpc) is 2.95. The van der Waals surface area contributed by atoms with Crippen LogP contribution in [0.5, 0.6) is 0 Å². The minimum atomic E-state index is -0.907. The van der Waals surface area contributed by atoms with Crippen molar-refractivity contribution in [1.29, 1.82) is 0 Å². The van der Waals surface area contributed by atoms with Gasteiger partial charge in [-0.25, -0.2) is 8.78 Å². The molecule has 1 heterocycles. The van der Waals surface area contributed by atoms with Crippen molar-refractivity contribution in [3.63, 3.8) is 0 Å². The monoisotopic (exact) mass is 366 g/mol. The number of carbonyl (C=O) groups excluding carboxylic acids is 1. The van der Waals surface area contributed by atoms with Gasteiger partial charge in [0.05, 0.1) is 17.3 Å². The van der Waals surface area contributed by atoms with Gasteiger partial charge >= 0.3 is 0 Å². The molecule has 3 rings (SSSR count).